The average Bonchev–Trinajstić information content (AvgIpc) is 3.03. The van der Waals surface area contributed by atoms with E-state index in [2.05, 4.69) is 41.6 Å². The normalized spacial score (nSPS) is 16.4. The van der Waals surface area contributed by atoms with E-state index in [1.807, 2.05) is 0 Å². The number of carboxylic acids is 1. The fourth-order valence-electron chi connectivity index (χ4n) is 4.37. The van der Waals surface area contributed by atoms with Gasteiger partial charge in [-0.05, 0) is 62.4 Å². The highest BCUT2D eigenvalue weighted by Gasteiger charge is 2.31. The molecule has 1 unspecified atom stereocenters. The van der Waals surface area contributed by atoms with E-state index in [1.54, 1.807) is 24.0 Å². The van der Waals surface area contributed by atoms with Gasteiger partial charge in [-0.25, -0.2) is 13.4 Å². The van der Waals surface area contributed by atoms with Crippen LogP contribution in [0.3, 0.4) is 0 Å². The molecule has 0 bridgehead atoms. The average molecular weight is 459 g/mol. The highest BCUT2D eigenvalue weighted by molar-refractivity contribution is 7.99. The number of pyridine rings is 1. The summed E-state index contributed by atoms with van der Waals surface area (Å²) in [5, 5.41) is 9.90. The smallest absolute Gasteiger partial charge is 0.303 e. The zero-order valence-electron chi connectivity index (χ0n) is 17.9. The molecule has 0 spiro atoms. The van der Waals surface area contributed by atoms with Crippen LogP contribution in [-0.2, 0) is 21.2 Å². The molecule has 1 atom stereocenters. The summed E-state index contributed by atoms with van der Waals surface area (Å²) in [5.74, 6) is -0.757. The number of sulfone groups is 1. The summed E-state index contributed by atoms with van der Waals surface area (Å²) in [6, 6.07) is 7.80. The van der Waals surface area contributed by atoms with Crippen LogP contribution in [0.25, 0.3) is 11.0 Å². The van der Waals surface area contributed by atoms with Gasteiger partial charge in [0.25, 0.3) is 0 Å². The first-order chi connectivity index (χ1) is 14.7. The maximum atomic E-state index is 12.6. The molecule has 0 saturated carbocycles. The first kappa shape index (κ1) is 21.9. The van der Waals surface area contributed by atoms with Crippen molar-refractivity contribution in [1.82, 2.24) is 9.55 Å². The second-order valence-corrected chi connectivity index (χ2v) is 11.3. The minimum absolute atomic E-state index is 0.0560. The van der Waals surface area contributed by atoms with Crippen molar-refractivity contribution in [3.8, 4) is 0 Å². The summed E-state index contributed by atoms with van der Waals surface area (Å²) in [6.07, 6.45) is 5.20. The molecular formula is C23H26N2O4S2. The SMILES string of the molecule is Cc1ccc(Sc2c3n(c4nccc(S(C)(=O)=O)c24)CCCC3CCC(=O)O)cc1C. The van der Waals surface area contributed by atoms with Crippen LogP contribution in [0.1, 0.15) is 48.4 Å². The van der Waals surface area contributed by atoms with E-state index in [4.69, 9.17) is 0 Å². The Morgan fingerprint density at radius 2 is 2.03 bits per heavy atom. The van der Waals surface area contributed by atoms with E-state index in [9.17, 15) is 18.3 Å². The van der Waals surface area contributed by atoms with Gasteiger partial charge < -0.3 is 9.67 Å². The molecule has 1 aromatic carbocycles. The van der Waals surface area contributed by atoms with Gasteiger partial charge in [-0.15, -0.1) is 0 Å². The van der Waals surface area contributed by atoms with Crippen LogP contribution in [0.2, 0.25) is 0 Å². The molecular weight excluding hydrogens is 432 g/mol. The molecule has 1 N–H and O–H groups in total. The number of hydrogen-bond acceptors (Lipinski definition) is 5. The standard InChI is InChI=1S/C23H26N2O4S2/c1-14-6-8-17(13-15(14)2)30-22-20-18(31(3,28)29)10-11-24-23(20)25-12-4-5-16(21(22)25)7-9-19(26)27/h6,8,10-11,13,16H,4-5,7,9,12H2,1-3H3,(H,26,27). The number of aryl methyl sites for hydroxylation is 3. The summed E-state index contributed by atoms with van der Waals surface area (Å²) in [7, 11) is -3.46. The van der Waals surface area contributed by atoms with Gasteiger partial charge in [-0.1, -0.05) is 17.8 Å². The lowest BCUT2D eigenvalue weighted by molar-refractivity contribution is -0.137. The second kappa shape index (κ2) is 8.31. The van der Waals surface area contributed by atoms with Crippen LogP contribution < -0.4 is 0 Å². The lowest BCUT2D eigenvalue weighted by Crippen LogP contribution is -2.17. The summed E-state index contributed by atoms with van der Waals surface area (Å²) in [5.41, 5.74) is 4.07. The van der Waals surface area contributed by atoms with Crippen LogP contribution in [0.4, 0.5) is 0 Å². The van der Waals surface area contributed by atoms with E-state index in [0.29, 0.717) is 17.5 Å². The monoisotopic (exact) mass is 458 g/mol. The van der Waals surface area contributed by atoms with Crippen molar-refractivity contribution in [3.05, 3.63) is 47.3 Å². The number of aliphatic carboxylic acids is 1. The number of carbonyl (C=O) groups is 1. The fraction of sp³-hybridized carbons (Fsp3) is 0.391. The minimum atomic E-state index is -3.46. The third-order valence-corrected chi connectivity index (χ3v) is 8.27. The van der Waals surface area contributed by atoms with Crippen molar-refractivity contribution in [2.24, 2.45) is 0 Å². The Morgan fingerprint density at radius 1 is 1.26 bits per heavy atom. The molecule has 164 valence electrons. The zero-order valence-corrected chi connectivity index (χ0v) is 19.5. The number of fused-ring (bicyclic) bond motifs is 3. The molecule has 0 saturated heterocycles. The van der Waals surface area contributed by atoms with E-state index < -0.39 is 15.8 Å². The van der Waals surface area contributed by atoms with Gasteiger partial charge in [0.1, 0.15) is 5.65 Å². The second-order valence-electron chi connectivity index (χ2n) is 8.27. The van der Waals surface area contributed by atoms with E-state index in [0.717, 1.165) is 34.9 Å². The summed E-state index contributed by atoms with van der Waals surface area (Å²) >= 11 is 1.56. The van der Waals surface area contributed by atoms with Gasteiger partial charge in [0, 0.05) is 46.8 Å². The van der Waals surface area contributed by atoms with Crippen molar-refractivity contribution in [2.75, 3.05) is 6.26 Å². The van der Waals surface area contributed by atoms with Gasteiger partial charge in [0.15, 0.2) is 9.84 Å². The Balaban J connectivity index is 1.97. The van der Waals surface area contributed by atoms with Crippen LogP contribution in [0, 0.1) is 13.8 Å². The highest BCUT2D eigenvalue weighted by atomic mass is 32.2. The van der Waals surface area contributed by atoms with Gasteiger partial charge in [0.05, 0.1) is 10.3 Å². The summed E-state index contributed by atoms with van der Waals surface area (Å²) in [4.78, 5) is 18.0. The van der Waals surface area contributed by atoms with Crippen molar-refractivity contribution in [3.63, 3.8) is 0 Å². The molecule has 0 amide bonds. The maximum Gasteiger partial charge on any atom is 0.303 e. The predicted octanol–water partition coefficient (Wildman–Crippen LogP) is 4.95. The van der Waals surface area contributed by atoms with Crippen molar-refractivity contribution >= 4 is 38.6 Å². The van der Waals surface area contributed by atoms with Gasteiger partial charge >= 0.3 is 5.97 Å². The van der Waals surface area contributed by atoms with Gasteiger partial charge in [-0.2, -0.15) is 0 Å². The molecule has 2 aromatic heterocycles. The van der Waals surface area contributed by atoms with Crippen LogP contribution >= 0.6 is 11.8 Å². The molecule has 0 aliphatic carbocycles. The lowest BCUT2D eigenvalue weighted by atomic mass is 9.91. The summed E-state index contributed by atoms with van der Waals surface area (Å²) < 4.78 is 27.4. The summed E-state index contributed by atoms with van der Waals surface area (Å²) in [6.45, 7) is 4.88. The highest BCUT2D eigenvalue weighted by Crippen LogP contribution is 2.47. The van der Waals surface area contributed by atoms with Crippen LogP contribution in [0.15, 0.2) is 45.1 Å². The number of hydrogen-bond donors (Lipinski definition) is 1. The van der Waals surface area contributed by atoms with Gasteiger partial charge in [0.2, 0.25) is 0 Å². The van der Waals surface area contributed by atoms with E-state index in [-0.39, 0.29) is 17.2 Å². The Bertz CT molecular complexity index is 1280. The first-order valence-corrected chi connectivity index (χ1v) is 13.1. The number of rotatable bonds is 6. The van der Waals surface area contributed by atoms with Crippen LogP contribution in [-0.4, -0.2) is 35.3 Å². The lowest BCUT2D eigenvalue weighted by Gasteiger charge is -2.26. The molecule has 0 radical (unpaired) electrons. The maximum absolute atomic E-state index is 12.6. The number of carboxylic acid groups (broad SMARTS) is 1. The first-order valence-electron chi connectivity index (χ1n) is 10.3. The number of aromatic nitrogens is 2. The Kier molecular flexibility index (Phi) is 5.87. The molecule has 4 rings (SSSR count). The van der Waals surface area contributed by atoms with Crippen LogP contribution in [0.5, 0.6) is 0 Å². The number of benzene rings is 1. The molecule has 0 fully saturated rings. The molecule has 1 aliphatic rings. The van der Waals surface area contributed by atoms with E-state index >= 15 is 0 Å². The predicted molar refractivity (Wildman–Crippen MR) is 122 cm³/mol. The molecule has 3 heterocycles. The largest absolute Gasteiger partial charge is 0.481 e. The molecule has 31 heavy (non-hydrogen) atoms. The minimum Gasteiger partial charge on any atom is -0.481 e. The fourth-order valence-corrected chi connectivity index (χ4v) is 6.60. The Hall–Kier alpha value is -2.32. The molecule has 1 aliphatic heterocycles. The zero-order chi connectivity index (χ0) is 22.3. The van der Waals surface area contributed by atoms with Crippen molar-refractivity contribution < 1.29 is 18.3 Å². The van der Waals surface area contributed by atoms with E-state index in [1.165, 1.54) is 17.4 Å². The third kappa shape index (κ3) is 4.23. The Labute approximate surface area is 186 Å². The number of nitrogens with zero attached hydrogens (tertiary/aromatic N) is 2. The third-order valence-electron chi connectivity index (χ3n) is 6.02. The van der Waals surface area contributed by atoms with Crippen molar-refractivity contribution in [1.29, 1.82) is 0 Å². The topological polar surface area (TPSA) is 89.3 Å². The molecule has 6 nitrogen and oxygen atoms in total. The Morgan fingerprint density at radius 3 is 2.71 bits per heavy atom. The molecule has 8 heteroatoms. The molecule has 3 aromatic rings. The van der Waals surface area contributed by atoms with Gasteiger partial charge in [-0.3, -0.25) is 4.79 Å². The quantitative estimate of drug-likeness (QED) is 0.562. The van der Waals surface area contributed by atoms with Crippen molar-refractivity contribution in [2.45, 2.75) is 66.7 Å².